The Morgan fingerprint density at radius 2 is 2.47 bits per heavy atom. The summed E-state index contributed by atoms with van der Waals surface area (Å²) in [5.41, 5.74) is 0. The lowest BCUT2D eigenvalue weighted by molar-refractivity contribution is -0.127. The molecular formula is C11H15N3O2S. The normalized spacial score (nSPS) is 21.7. The maximum absolute atomic E-state index is 11.9. The average Bonchev–Trinajstić information content (AvgIpc) is 2.83. The zero-order valence-corrected chi connectivity index (χ0v) is 10.3. The van der Waals surface area contributed by atoms with Gasteiger partial charge in [-0.2, -0.15) is 0 Å². The van der Waals surface area contributed by atoms with E-state index in [0.717, 1.165) is 4.88 Å². The predicted molar refractivity (Wildman–Crippen MR) is 65.7 cm³/mol. The Hall–Kier alpha value is -1.40. The van der Waals surface area contributed by atoms with E-state index in [2.05, 4.69) is 16.0 Å². The fraction of sp³-hybridized carbons (Fsp3) is 0.455. The van der Waals surface area contributed by atoms with Crippen LogP contribution in [0.15, 0.2) is 17.5 Å². The highest BCUT2D eigenvalue weighted by atomic mass is 32.1. The van der Waals surface area contributed by atoms with Crippen molar-refractivity contribution in [3.8, 4) is 0 Å². The van der Waals surface area contributed by atoms with Gasteiger partial charge in [-0.05, 0) is 18.4 Å². The van der Waals surface area contributed by atoms with Gasteiger partial charge in [-0.15, -0.1) is 11.3 Å². The first-order chi connectivity index (χ1) is 8.16. The Morgan fingerprint density at radius 3 is 3.06 bits per heavy atom. The molecule has 3 N–H and O–H groups in total. The first kappa shape index (κ1) is 12.1. The van der Waals surface area contributed by atoms with E-state index in [4.69, 9.17) is 0 Å². The summed E-state index contributed by atoms with van der Waals surface area (Å²) in [6.45, 7) is 2.50. The van der Waals surface area contributed by atoms with Crippen molar-refractivity contribution in [2.45, 2.75) is 19.0 Å². The topological polar surface area (TPSA) is 70.2 Å². The molecule has 2 heterocycles. The second kappa shape index (κ2) is 5.29. The SMILES string of the molecule is CC(NC(=O)C1CNC(=O)CN1)c1cccs1. The van der Waals surface area contributed by atoms with Crippen molar-refractivity contribution < 1.29 is 9.59 Å². The molecule has 0 radical (unpaired) electrons. The second-order valence-electron chi connectivity index (χ2n) is 3.98. The Bertz CT molecular complexity index is 395. The molecule has 2 atom stereocenters. The molecular weight excluding hydrogens is 238 g/mol. The molecule has 0 bridgehead atoms. The minimum absolute atomic E-state index is 0.00179. The zero-order valence-electron chi connectivity index (χ0n) is 9.53. The Kier molecular flexibility index (Phi) is 3.75. The lowest BCUT2D eigenvalue weighted by Gasteiger charge is -2.24. The van der Waals surface area contributed by atoms with Gasteiger partial charge in [0.1, 0.15) is 6.04 Å². The van der Waals surface area contributed by atoms with Crippen LogP contribution in [0.25, 0.3) is 0 Å². The highest BCUT2D eigenvalue weighted by molar-refractivity contribution is 7.10. The first-order valence-corrected chi connectivity index (χ1v) is 6.38. The van der Waals surface area contributed by atoms with Gasteiger partial charge in [0.2, 0.25) is 11.8 Å². The molecule has 1 aliphatic heterocycles. The molecule has 6 heteroatoms. The number of piperazine rings is 1. The van der Waals surface area contributed by atoms with E-state index in [1.807, 2.05) is 24.4 Å². The minimum Gasteiger partial charge on any atom is -0.353 e. The number of rotatable bonds is 3. The van der Waals surface area contributed by atoms with Gasteiger partial charge in [0.05, 0.1) is 12.6 Å². The zero-order chi connectivity index (χ0) is 12.3. The maximum Gasteiger partial charge on any atom is 0.239 e. The van der Waals surface area contributed by atoms with Gasteiger partial charge in [0, 0.05) is 11.4 Å². The van der Waals surface area contributed by atoms with Gasteiger partial charge in [0.25, 0.3) is 0 Å². The van der Waals surface area contributed by atoms with Crippen LogP contribution in [0, 0.1) is 0 Å². The van der Waals surface area contributed by atoms with Crippen LogP contribution in [0.3, 0.4) is 0 Å². The first-order valence-electron chi connectivity index (χ1n) is 5.50. The molecule has 0 saturated carbocycles. The van der Waals surface area contributed by atoms with E-state index in [9.17, 15) is 9.59 Å². The van der Waals surface area contributed by atoms with Crippen LogP contribution in [-0.4, -0.2) is 30.9 Å². The van der Waals surface area contributed by atoms with Crippen molar-refractivity contribution >= 4 is 23.2 Å². The highest BCUT2D eigenvalue weighted by Crippen LogP contribution is 2.17. The van der Waals surface area contributed by atoms with Crippen molar-refractivity contribution in [3.05, 3.63) is 22.4 Å². The summed E-state index contributed by atoms with van der Waals surface area (Å²) in [6.07, 6.45) is 0. The van der Waals surface area contributed by atoms with Crippen molar-refractivity contribution in [2.75, 3.05) is 13.1 Å². The summed E-state index contributed by atoms with van der Waals surface area (Å²) in [6, 6.07) is 3.62. The molecule has 0 aliphatic carbocycles. The number of nitrogens with one attached hydrogen (secondary N) is 3. The molecule has 5 nitrogen and oxygen atoms in total. The van der Waals surface area contributed by atoms with Crippen molar-refractivity contribution in [2.24, 2.45) is 0 Å². The van der Waals surface area contributed by atoms with E-state index in [-0.39, 0.29) is 30.4 Å². The minimum atomic E-state index is -0.338. The summed E-state index contributed by atoms with van der Waals surface area (Å²) in [5, 5.41) is 10.5. The van der Waals surface area contributed by atoms with E-state index in [1.165, 1.54) is 0 Å². The van der Waals surface area contributed by atoms with E-state index in [1.54, 1.807) is 11.3 Å². The van der Waals surface area contributed by atoms with Crippen LogP contribution in [0.2, 0.25) is 0 Å². The summed E-state index contributed by atoms with van der Waals surface area (Å²) >= 11 is 1.62. The Balaban J connectivity index is 1.86. The monoisotopic (exact) mass is 253 g/mol. The molecule has 92 valence electrons. The maximum atomic E-state index is 11.9. The standard InChI is InChI=1S/C11H15N3O2S/c1-7(9-3-2-4-17-9)14-11(16)8-5-13-10(15)6-12-8/h2-4,7-8,12H,5-6H2,1H3,(H,13,15)(H,14,16). The lowest BCUT2D eigenvalue weighted by atomic mass is 10.2. The summed E-state index contributed by atoms with van der Waals surface area (Å²) in [5.74, 6) is -0.147. The summed E-state index contributed by atoms with van der Waals surface area (Å²) < 4.78 is 0. The number of hydrogen-bond donors (Lipinski definition) is 3. The van der Waals surface area contributed by atoms with E-state index in [0.29, 0.717) is 6.54 Å². The van der Waals surface area contributed by atoms with Crippen LogP contribution in [-0.2, 0) is 9.59 Å². The summed E-state index contributed by atoms with van der Waals surface area (Å²) in [4.78, 5) is 23.9. The van der Waals surface area contributed by atoms with Gasteiger partial charge in [-0.3, -0.25) is 14.9 Å². The third kappa shape index (κ3) is 3.04. The van der Waals surface area contributed by atoms with Gasteiger partial charge >= 0.3 is 0 Å². The molecule has 2 rings (SSSR count). The number of carbonyl (C=O) groups is 2. The van der Waals surface area contributed by atoms with Crippen LogP contribution < -0.4 is 16.0 Å². The van der Waals surface area contributed by atoms with Gasteiger partial charge in [-0.25, -0.2) is 0 Å². The molecule has 2 unspecified atom stereocenters. The van der Waals surface area contributed by atoms with Gasteiger partial charge in [0.15, 0.2) is 0 Å². The number of thiophene rings is 1. The van der Waals surface area contributed by atoms with Gasteiger partial charge < -0.3 is 10.6 Å². The second-order valence-corrected chi connectivity index (χ2v) is 4.96. The third-order valence-electron chi connectivity index (χ3n) is 2.66. The molecule has 1 fully saturated rings. The molecule has 1 aromatic heterocycles. The molecule has 17 heavy (non-hydrogen) atoms. The van der Waals surface area contributed by atoms with Crippen molar-refractivity contribution in [1.29, 1.82) is 0 Å². The van der Waals surface area contributed by atoms with E-state index >= 15 is 0 Å². The van der Waals surface area contributed by atoms with E-state index < -0.39 is 0 Å². The largest absolute Gasteiger partial charge is 0.353 e. The fourth-order valence-electron chi connectivity index (χ4n) is 1.67. The predicted octanol–water partition coefficient (Wildman–Crippen LogP) is 0.0133. The fourth-order valence-corrected chi connectivity index (χ4v) is 2.41. The summed E-state index contributed by atoms with van der Waals surface area (Å²) in [7, 11) is 0. The molecule has 1 saturated heterocycles. The van der Waals surface area contributed by atoms with Crippen LogP contribution in [0.1, 0.15) is 17.8 Å². The number of amides is 2. The average molecular weight is 253 g/mol. The molecule has 2 amide bonds. The molecule has 0 aromatic carbocycles. The van der Waals surface area contributed by atoms with Crippen LogP contribution in [0.4, 0.5) is 0 Å². The Morgan fingerprint density at radius 1 is 1.65 bits per heavy atom. The smallest absolute Gasteiger partial charge is 0.239 e. The van der Waals surface area contributed by atoms with Crippen molar-refractivity contribution in [3.63, 3.8) is 0 Å². The quantitative estimate of drug-likeness (QED) is 0.711. The number of hydrogen-bond acceptors (Lipinski definition) is 4. The lowest BCUT2D eigenvalue weighted by Crippen LogP contribution is -2.58. The van der Waals surface area contributed by atoms with Crippen LogP contribution >= 0.6 is 11.3 Å². The highest BCUT2D eigenvalue weighted by Gasteiger charge is 2.24. The van der Waals surface area contributed by atoms with Gasteiger partial charge in [-0.1, -0.05) is 6.07 Å². The Labute approximate surface area is 104 Å². The van der Waals surface area contributed by atoms with Crippen LogP contribution in [0.5, 0.6) is 0 Å². The molecule has 1 aromatic rings. The third-order valence-corrected chi connectivity index (χ3v) is 3.71. The number of carbonyl (C=O) groups excluding carboxylic acids is 2. The molecule has 0 spiro atoms. The van der Waals surface area contributed by atoms with Crippen molar-refractivity contribution in [1.82, 2.24) is 16.0 Å². The molecule has 1 aliphatic rings.